The summed E-state index contributed by atoms with van der Waals surface area (Å²) < 4.78 is 1.43. The van der Waals surface area contributed by atoms with Crippen LogP contribution in [-0.2, 0) is 0 Å². The first-order valence-electron chi connectivity index (χ1n) is 2.59. The maximum atomic E-state index is 5.42. The molecule has 0 bridgehead atoms. The third-order valence-electron chi connectivity index (χ3n) is 1.11. The third kappa shape index (κ3) is 0.887. The molecule has 48 valence electrons. The van der Waals surface area contributed by atoms with Crippen molar-refractivity contribution >= 4 is 5.70 Å². The van der Waals surface area contributed by atoms with Gasteiger partial charge in [0.25, 0.3) is 0 Å². The lowest BCUT2D eigenvalue weighted by Crippen LogP contribution is -2.11. The minimum absolute atomic E-state index is 0.488. The molecule has 3 heteroatoms. The number of nitrogen functional groups attached to an aromatic ring is 1. The summed E-state index contributed by atoms with van der Waals surface area (Å²) in [6, 6.07) is 3.62. The minimum Gasteiger partial charge on any atom is -0.397 e. The van der Waals surface area contributed by atoms with E-state index in [-0.39, 0.29) is 0 Å². The van der Waals surface area contributed by atoms with Crippen molar-refractivity contribution in [1.82, 2.24) is 4.68 Å². The lowest BCUT2D eigenvalue weighted by atomic mass is 10.4. The highest BCUT2D eigenvalue weighted by atomic mass is 15.3. The van der Waals surface area contributed by atoms with Gasteiger partial charge in [-0.05, 0) is 12.1 Å². The fourth-order valence-corrected chi connectivity index (χ4v) is 0.666. The number of nitrogens with zero attached hydrogens (tertiary/aromatic N) is 1. The van der Waals surface area contributed by atoms with Crippen molar-refractivity contribution in [2.75, 3.05) is 5.84 Å². The van der Waals surface area contributed by atoms with Crippen LogP contribution in [0.4, 0.5) is 0 Å². The Labute approximate surface area is 53.5 Å². The predicted molar refractivity (Wildman–Crippen MR) is 37.8 cm³/mol. The molecule has 0 amide bonds. The SMILES string of the molecule is C=C(N)c1cccn1N. The van der Waals surface area contributed by atoms with E-state index >= 15 is 0 Å². The van der Waals surface area contributed by atoms with Gasteiger partial charge in [0, 0.05) is 6.20 Å². The van der Waals surface area contributed by atoms with Crippen LogP contribution in [0, 0.1) is 0 Å². The Kier molecular flexibility index (Phi) is 1.18. The zero-order valence-electron chi connectivity index (χ0n) is 5.04. The van der Waals surface area contributed by atoms with Crippen LogP contribution >= 0.6 is 0 Å². The zero-order chi connectivity index (χ0) is 6.85. The number of rotatable bonds is 1. The second-order valence-electron chi connectivity index (χ2n) is 1.83. The van der Waals surface area contributed by atoms with E-state index < -0.39 is 0 Å². The monoisotopic (exact) mass is 123 g/mol. The van der Waals surface area contributed by atoms with Crippen molar-refractivity contribution in [3.05, 3.63) is 30.6 Å². The van der Waals surface area contributed by atoms with Crippen molar-refractivity contribution in [2.24, 2.45) is 5.73 Å². The third-order valence-corrected chi connectivity index (χ3v) is 1.11. The van der Waals surface area contributed by atoms with Crippen LogP contribution in [0.3, 0.4) is 0 Å². The van der Waals surface area contributed by atoms with E-state index in [1.807, 2.05) is 12.1 Å². The lowest BCUT2D eigenvalue weighted by Gasteiger charge is -1.98. The molecule has 3 nitrogen and oxygen atoms in total. The Morgan fingerprint density at radius 3 is 2.56 bits per heavy atom. The van der Waals surface area contributed by atoms with Crippen molar-refractivity contribution in [1.29, 1.82) is 0 Å². The number of hydrogen-bond acceptors (Lipinski definition) is 2. The Morgan fingerprint density at radius 2 is 2.33 bits per heavy atom. The summed E-state index contributed by atoms with van der Waals surface area (Å²) in [5, 5.41) is 0. The molecule has 1 heterocycles. The van der Waals surface area contributed by atoms with E-state index in [4.69, 9.17) is 11.6 Å². The van der Waals surface area contributed by atoms with Crippen LogP contribution in [0.25, 0.3) is 5.70 Å². The van der Waals surface area contributed by atoms with Crippen molar-refractivity contribution < 1.29 is 0 Å². The van der Waals surface area contributed by atoms with E-state index in [9.17, 15) is 0 Å². The molecule has 0 radical (unpaired) electrons. The van der Waals surface area contributed by atoms with Crippen LogP contribution in [0.2, 0.25) is 0 Å². The van der Waals surface area contributed by atoms with Gasteiger partial charge in [0.2, 0.25) is 0 Å². The number of hydrogen-bond donors (Lipinski definition) is 2. The van der Waals surface area contributed by atoms with E-state index in [0.717, 1.165) is 5.69 Å². The van der Waals surface area contributed by atoms with Gasteiger partial charge in [-0.25, -0.2) is 0 Å². The maximum absolute atomic E-state index is 5.42. The molecule has 0 unspecified atom stereocenters. The molecule has 0 fully saturated rings. The first-order valence-corrected chi connectivity index (χ1v) is 2.59. The summed E-state index contributed by atoms with van der Waals surface area (Å²) >= 11 is 0. The zero-order valence-corrected chi connectivity index (χ0v) is 5.04. The summed E-state index contributed by atoms with van der Waals surface area (Å²) in [7, 11) is 0. The van der Waals surface area contributed by atoms with Crippen LogP contribution in [0.5, 0.6) is 0 Å². The summed E-state index contributed by atoms with van der Waals surface area (Å²) in [5.41, 5.74) is 6.61. The van der Waals surface area contributed by atoms with E-state index in [1.54, 1.807) is 6.20 Å². The van der Waals surface area contributed by atoms with Gasteiger partial charge in [0.15, 0.2) is 0 Å². The largest absolute Gasteiger partial charge is 0.397 e. The molecule has 1 rings (SSSR count). The predicted octanol–water partition coefficient (Wildman–Crippen LogP) is 0.131. The number of aromatic nitrogens is 1. The Balaban J connectivity index is 3.08. The van der Waals surface area contributed by atoms with Gasteiger partial charge in [-0.15, -0.1) is 0 Å². The topological polar surface area (TPSA) is 57.0 Å². The summed E-state index contributed by atoms with van der Waals surface area (Å²) in [5.74, 6) is 5.42. The standard InChI is InChI=1S/C6H9N3/c1-5(7)6-3-2-4-9(6)8/h2-4H,1,7-8H2. The number of nitrogens with two attached hydrogens (primary N) is 2. The molecule has 0 aliphatic rings. The first kappa shape index (κ1) is 5.75. The quantitative estimate of drug-likeness (QED) is 0.521. The van der Waals surface area contributed by atoms with Gasteiger partial charge in [0.1, 0.15) is 0 Å². The van der Waals surface area contributed by atoms with Gasteiger partial charge < -0.3 is 11.6 Å². The molecule has 0 atom stereocenters. The molecule has 0 spiro atoms. The summed E-state index contributed by atoms with van der Waals surface area (Å²) in [4.78, 5) is 0. The smallest absolute Gasteiger partial charge is 0.0840 e. The van der Waals surface area contributed by atoms with Gasteiger partial charge >= 0.3 is 0 Å². The van der Waals surface area contributed by atoms with E-state index in [0.29, 0.717) is 5.70 Å². The molecular weight excluding hydrogens is 114 g/mol. The Morgan fingerprint density at radius 1 is 1.67 bits per heavy atom. The molecule has 0 aromatic carbocycles. The van der Waals surface area contributed by atoms with Gasteiger partial charge in [-0.1, -0.05) is 6.58 Å². The molecular formula is C6H9N3. The molecule has 0 aliphatic heterocycles. The molecule has 4 N–H and O–H groups in total. The van der Waals surface area contributed by atoms with Crippen LogP contribution < -0.4 is 11.6 Å². The normalized spacial score (nSPS) is 9.33. The molecule has 0 saturated heterocycles. The Bertz CT molecular complexity index is 224. The average molecular weight is 123 g/mol. The summed E-state index contributed by atoms with van der Waals surface area (Å²) in [6.45, 7) is 3.54. The van der Waals surface area contributed by atoms with Crippen LogP contribution in [0.1, 0.15) is 5.69 Å². The molecule has 0 aliphatic carbocycles. The fourth-order valence-electron chi connectivity index (χ4n) is 0.666. The highest BCUT2D eigenvalue weighted by Gasteiger charge is 1.95. The van der Waals surface area contributed by atoms with Crippen LogP contribution in [0.15, 0.2) is 24.9 Å². The molecule has 1 aromatic rings. The van der Waals surface area contributed by atoms with E-state index in [1.165, 1.54) is 4.68 Å². The highest BCUT2D eigenvalue weighted by molar-refractivity contribution is 5.57. The van der Waals surface area contributed by atoms with E-state index in [2.05, 4.69) is 6.58 Å². The second-order valence-corrected chi connectivity index (χ2v) is 1.83. The van der Waals surface area contributed by atoms with Crippen LogP contribution in [-0.4, -0.2) is 4.68 Å². The van der Waals surface area contributed by atoms with Crippen molar-refractivity contribution in [2.45, 2.75) is 0 Å². The van der Waals surface area contributed by atoms with Gasteiger partial charge in [-0.3, -0.25) is 4.68 Å². The fraction of sp³-hybridized carbons (Fsp3) is 0. The average Bonchev–Trinajstić information content (AvgIpc) is 2.13. The second kappa shape index (κ2) is 1.85. The van der Waals surface area contributed by atoms with Crippen molar-refractivity contribution in [3.8, 4) is 0 Å². The maximum Gasteiger partial charge on any atom is 0.0840 e. The Hall–Kier alpha value is -1.38. The lowest BCUT2D eigenvalue weighted by molar-refractivity contribution is 0.992. The molecule has 0 saturated carbocycles. The highest BCUT2D eigenvalue weighted by Crippen LogP contribution is 2.03. The molecule has 9 heavy (non-hydrogen) atoms. The minimum atomic E-state index is 0.488. The summed E-state index contributed by atoms with van der Waals surface area (Å²) in [6.07, 6.45) is 1.72. The molecule has 1 aromatic heterocycles. The van der Waals surface area contributed by atoms with Crippen molar-refractivity contribution in [3.63, 3.8) is 0 Å². The van der Waals surface area contributed by atoms with Gasteiger partial charge in [0.05, 0.1) is 11.4 Å². The van der Waals surface area contributed by atoms with Gasteiger partial charge in [-0.2, -0.15) is 0 Å². The first-order chi connectivity index (χ1) is 4.22.